The highest BCUT2D eigenvalue weighted by atomic mass is 16.2. The largest absolute Gasteiger partial charge is 0.343 e. The Balaban J connectivity index is 1.77. The predicted octanol–water partition coefficient (Wildman–Crippen LogP) is 1.24. The molecule has 0 saturated carbocycles. The van der Waals surface area contributed by atoms with Crippen LogP contribution < -0.4 is 5.32 Å². The quantitative estimate of drug-likeness (QED) is 0.744. The summed E-state index contributed by atoms with van der Waals surface area (Å²) in [5.41, 5.74) is 0. The summed E-state index contributed by atoms with van der Waals surface area (Å²) >= 11 is 0. The molecule has 1 N–H and O–H groups in total. The Bertz CT molecular complexity index is 226. The fraction of sp³-hybridized carbons (Fsp3) is 0.917. The van der Waals surface area contributed by atoms with E-state index in [9.17, 15) is 4.79 Å². The maximum atomic E-state index is 12.0. The molecule has 2 heterocycles. The van der Waals surface area contributed by atoms with Crippen LogP contribution in [0.25, 0.3) is 0 Å². The lowest BCUT2D eigenvalue weighted by molar-refractivity contribution is -0.132. The lowest BCUT2D eigenvalue weighted by Gasteiger charge is -2.29. The predicted molar refractivity (Wildman–Crippen MR) is 60.6 cm³/mol. The first kappa shape index (κ1) is 10.9. The van der Waals surface area contributed by atoms with Gasteiger partial charge >= 0.3 is 0 Å². The van der Waals surface area contributed by atoms with E-state index >= 15 is 0 Å². The minimum Gasteiger partial charge on any atom is -0.343 e. The number of hydrogen-bond acceptors (Lipinski definition) is 2. The van der Waals surface area contributed by atoms with Crippen LogP contribution in [0.15, 0.2) is 0 Å². The van der Waals surface area contributed by atoms with Crippen molar-refractivity contribution in [3.05, 3.63) is 0 Å². The zero-order valence-corrected chi connectivity index (χ0v) is 9.67. The van der Waals surface area contributed by atoms with Gasteiger partial charge in [0.2, 0.25) is 5.91 Å². The second-order valence-corrected chi connectivity index (χ2v) is 5.15. The fourth-order valence-corrected chi connectivity index (χ4v) is 2.38. The molecule has 2 saturated heterocycles. The monoisotopic (exact) mass is 210 g/mol. The minimum absolute atomic E-state index is 0.385. The van der Waals surface area contributed by atoms with Crippen molar-refractivity contribution in [3.63, 3.8) is 0 Å². The molecule has 0 aromatic heterocycles. The molecule has 3 nitrogen and oxygen atoms in total. The topological polar surface area (TPSA) is 32.3 Å². The summed E-state index contributed by atoms with van der Waals surface area (Å²) < 4.78 is 0. The van der Waals surface area contributed by atoms with E-state index in [2.05, 4.69) is 17.1 Å². The van der Waals surface area contributed by atoms with Crippen LogP contribution in [0.5, 0.6) is 0 Å². The molecule has 2 aliphatic rings. The van der Waals surface area contributed by atoms with Crippen LogP contribution in [-0.4, -0.2) is 37.0 Å². The molecule has 0 bridgehead atoms. The number of likely N-dealkylation sites (tertiary alicyclic amines) is 1. The second-order valence-electron chi connectivity index (χ2n) is 5.15. The lowest BCUT2D eigenvalue weighted by atomic mass is 9.98. The molecule has 0 aliphatic carbocycles. The second kappa shape index (κ2) is 4.97. The molecule has 2 rings (SSSR count). The highest BCUT2D eigenvalue weighted by Crippen LogP contribution is 2.18. The minimum atomic E-state index is 0.385. The number of amides is 1. The average Bonchev–Trinajstić information content (AvgIpc) is 2.36. The highest BCUT2D eigenvalue weighted by molar-refractivity contribution is 5.76. The molecule has 1 atom stereocenters. The van der Waals surface area contributed by atoms with Gasteiger partial charge in [0.05, 0.1) is 0 Å². The SMILES string of the molecule is CC1CCCN(C(=O)CC2CNC2)CC1. The van der Waals surface area contributed by atoms with Gasteiger partial charge in [0, 0.05) is 19.5 Å². The van der Waals surface area contributed by atoms with E-state index in [1.165, 1.54) is 19.3 Å². The summed E-state index contributed by atoms with van der Waals surface area (Å²) in [5.74, 6) is 1.79. The summed E-state index contributed by atoms with van der Waals surface area (Å²) in [5, 5.41) is 3.22. The van der Waals surface area contributed by atoms with Gasteiger partial charge in [-0.2, -0.15) is 0 Å². The van der Waals surface area contributed by atoms with E-state index in [0.29, 0.717) is 11.8 Å². The number of carbonyl (C=O) groups excluding carboxylic acids is 1. The van der Waals surface area contributed by atoms with Crippen LogP contribution in [0.3, 0.4) is 0 Å². The van der Waals surface area contributed by atoms with Gasteiger partial charge in [-0.3, -0.25) is 4.79 Å². The van der Waals surface area contributed by atoms with Gasteiger partial charge < -0.3 is 10.2 Å². The average molecular weight is 210 g/mol. The van der Waals surface area contributed by atoms with Gasteiger partial charge in [-0.15, -0.1) is 0 Å². The smallest absolute Gasteiger partial charge is 0.222 e. The van der Waals surface area contributed by atoms with Gasteiger partial charge in [0.25, 0.3) is 0 Å². The van der Waals surface area contributed by atoms with Crippen molar-refractivity contribution in [2.45, 2.75) is 32.6 Å². The summed E-state index contributed by atoms with van der Waals surface area (Å²) in [6.07, 6.45) is 4.43. The third kappa shape index (κ3) is 2.94. The van der Waals surface area contributed by atoms with E-state index in [0.717, 1.165) is 38.5 Å². The highest BCUT2D eigenvalue weighted by Gasteiger charge is 2.24. The van der Waals surface area contributed by atoms with Crippen molar-refractivity contribution in [2.24, 2.45) is 11.8 Å². The summed E-state index contributed by atoms with van der Waals surface area (Å²) in [6, 6.07) is 0. The van der Waals surface area contributed by atoms with Crippen LogP contribution in [0.4, 0.5) is 0 Å². The number of rotatable bonds is 2. The zero-order valence-electron chi connectivity index (χ0n) is 9.67. The Kier molecular flexibility index (Phi) is 3.62. The van der Waals surface area contributed by atoms with Crippen molar-refractivity contribution >= 4 is 5.91 Å². The Morgan fingerprint density at radius 1 is 1.33 bits per heavy atom. The molecular formula is C12H22N2O. The summed E-state index contributed by atoms with van der Waals surface area (Å²) in [4.78, 5) is 14.0. The molecule has 2 aliphatic heterocycles. The standard InChI is InChI=1S/C12H22N2O/c1-10-3-2-5-14(6-4-10)12(15)7-11-8-13-9-11/h10-11,13H,2-9H2,1H3. The van der Waals surface area contributed by atoms with Crippen LogP contribution in [0, 0.1) is 11.8 Å². The van der Waals surface area contributed by atoms with Gasteiger partial charge in [-0.25, -0.2) is 0 Å². The van der Waals surface area contributed by atoms with E-state index < -0.39 is 0 Å². The Labute approximate surface area is 92.2 Å². The lowest BCUT2D eigenvalue weighted by Crippen LogP contribution is -2.45. The Morgan fingerprint density at radius 3 is 2.80 bits per heavy atom. The molecule has 1 amide bonds. The summed E-state index contributed by atoms with van der Waals surface area (Å²) in [6.45, 7) is 6.35. The van der Waals surface area contributed by atoms with Crippen molar-refractivity contribution in [1.29, 1.82) is 0 Å². The molecule has 0 aromatic carbocycles. The molecular weight excluding hydrogens is 188 g/mol. The first-order valence-corrected chi connectivity index (χ1v) is 6.24. The van der Waals surface area contributed by atoms with Crippen LogP contribution in [0.1, 0.15) is 32.6 Å². The number of nitrogens with zero attached hydrogens (tertiary/aromatic N) is 1. The normalized spacial score (nSPS) is 28.3. The molecule has 3 heteroatoms. The van der Waals surface area contributed by atoms with Crippen molar-refractivity contribution in [1.82, 2.24) is 10.2 Å². The van der Waals surface area contributed by atoms with Crippen LogP contribution in [-0.2, 0) is 4.79 Å². The number of nitrogens with one attached hydrogen (secondary N) is 1. The molecule has 0 aromatic rings. The molecule has 1 unspecified atom stereocenters. The van der Waals surface area contributed by atoms with Crippen molar-refractivity contribution in [2.75, 3.05) is 26.2 Å². The van der Waals surface area contributed by atoms with Gasteiger partial charge in [-0.1, -0.05) is 6.92 Å². The van der Waals surface area contributed by atoms with Crippen molar-refractivity contribution < 1.29 is 4.79 Å². The fourth-order valence-electron chi connectivity index (χ4n) is 2.38. The van der Waals surface area contributed by atoms with Crippen LogP contribution >= 0.6 is 0 Å². The first-order valence-electron chi connectivity index (χ1n) is 6.24. The van der Waals surface area contributed by atoms with E-state index in [1.54, 1.807) is 0 Å². The molecule has 2 fully saturated rings. The maximum Gasteiger partial charge on any atom is 0.222 e. The molecule has 0 spiro atoms. The Hall–Kier alpha value is -0.570. The first-order chi connectivity index (χ1) is 7.25. The van der Waals surface area contributed by atoms with Gasteiger partial charge in [0.15, 0.2) is 0 Å². The zero-order chi connectivity index (χ0) is 10.7. The summed E-state index contributed by atoms with van der Waals surface area (Å²) in [7, 11) is 0. The van der Waals surface area contributed by atoms with E-state index in [-0.39, 0.29) is 0 Å². The number of hydrogen-bond donors (Lipinski definition) is 1. The molecule has 86 valence electrons. The van der Waals surface area contributed by atoms with E-state index in [1.807, 2.05) is 0 Å². The van der Waals surface area contributed by atoms with E-state index in [4.69, 9.17) is 0 Å². The van der Waals surface area contributed by atoms with Gasteiger partial charge in [0.1, 0.15) is 0 Å². The van der Waals surface area contributed by atoms with Crippen molar-refractivity contribution in [3.8, 4) is 0 Å². The number of carbonyl (C=O) groups is 1. The third-order valence-electron chi connectivity index (χ3n) is 3.70. The Morgan fingerprint density at radius 2 is 2.13 bits per heavy atom. The van der Waals surface area contributed by atoms with Crippen LogP contribution in [0.2, 0.25) is 0 Å². The third-order valence-corrected chi connectivity index (χ3v) is 3.70. The maximum absolute atomic E-state index is 12.0. The van der Waals surface area contributed by atoms with Gasteiger partial charge in [-0.05, 0) is 44.2 Å². The molecule has 15 heavy (non-hydrogen) atoms. The molecule has 0 radical (unpaired) electrons.